The van der Waals surface area contributed by atoms with E-state index >= 15 is 0 Å². The van der Waals surface area contributed by atoms with Crippen molar-refractivity contribution >= 4 is 11.9 Å². The highest BCUT2D eigenvalue weighted by Crippen LogP contribution is 2.35. The number of fused-ring (bicyclic) bond motifs is 1. The molecule has 1 saturated carbocycles. The number of aromatic nitrogens is 2. The van der Waals surface area contributed by atoms with E-state index < -0.39 is 12.1 Å². The minimum absolute atomic E-state index is 0.222. The first-order chi connectivity index (χ1) is 15.1. The number of ether oxygens (including phenoxy) is 2. The number of hydrogen-bond donors (Lipinski definition) is 1. The van der Waals surface area contributed by atoms with Crippen molar-refractivity contribution in [1.82, 2.24) is 14.5 Å². The third kappa shape index (κ3) is 6.93. The van der Waals surface area contributed by atoms with Crippen molar-refractivity contribution in [3.63, 3.8) is 0 Å². The van der Waals surface area contributed by atoms with Gasteiger partial charge in [0.1, 0.15) is 0 Å². The van der Waals surface area contributed by atoms with Gasteiger partial charge in [-0.3, -0.25) is 4.79 Å². The van der Waals surface area contributed by atoms with Crippen molar-refractivity contribution in [2.45, 2.75) is 50.7 Å². The third-order valence-electron chi connectivity index (χ3n) is 6.00. The van der Waals surface area contributed by atoms with Crippen molar-refractivity contribution in [3.8, 4) is 0 Å². The summed E-state index contributed by atoms with van der Waals surface area (Å²) in [4.78, 5) is 28.0. The van der Waals surface area contributed by atoms with Gasteiger partial charge < -0.3 is 24.0 Å². The summed E-state index contributed by atoms with van der Waals surface area (Å²) in [5.74, 6) is -1.02. The van der Waals surface area contributed by atoms with Crippen LogP contribution in [0.25, 0.3) is 0 Å². The number of aryl methyl sites for hydroxylation is 1. The molecule has 3 heterocycles. The molecule has 0 radical (unpaired) electrons. The minimum atomic E-state index is -5.08. The average molecular weight is 461 g/mol. The number of carboxylic acid groups (broad SMARTS) is 1. The van der Waals surface area contributed by atoms with Gasteiger partial charge in [0.2, 0.25) is 5.91 Å². The highest BCUT2D eigenvalue weighted by molar-refractivity contribution is 5.77. The van der Waals surface area contributed by atoms with Crippen molar-refractivity contribution in [1.29, 1.82) is 0 Å². The van der Waals surface area contributed by atoms with Crippen LogP contribution >= 0.6 is 0 Å². The molecule has 2 aliphatic heterocycles. The lowest BCUT2D eigenvalue weighted by atomic mass is 9.98. The van der Waals surface area contributed by atoms with Gasteiger partial charge in [0.05, 0.1) is 25.2 Å². The van der Waals surface area contributed by atoms with Gasteiger partial charge in [-0.05, 0) is 37.5 Å². The third-order valence-corrected chi connectivity index (χ3v) is 6.00. The molecule has 32 heavy (non-hydrogen) atoms. The summed E-state index contributed by atoms with van der Waals surface area (Å²) in [5.41, 5.74) is 2.28. The average Bonchev–Trinajstić information content (AvgIpc) is 3.48. The number of alkyl halides is 3. The Bertz CT molecular complexity index is 788. The Hall–Kier alpha value is -2.14. The number of rotatable bonds is 6. The maximum atomic E-state index is 12.6. The lowest BCUT2D eigenvalue weighted by Gasteiger charge is -2.33. The summed E-state index contributed by atoms with van der Waals surface area (Å²) in [7, 11) is 2.04. The largest absolute Gasteiger partial charge is 0.490 e. The molecule has 1 unspecified atom stereocenters. The number of nitrogens with zero attached hydrogens (tertiary/aromatic N) is 3. The Labute approximate surface area is 184 Å². The summed E-state index contributed by atoms with van der Waals surface area (Å²) in [5, 5.41) is 7.12. The number of halogens is 3. The molecule has 4 rings (SSSR count). The standard InChI is InChI=1S/C19H29N3O3.C2HF3O2/c1-21-13-20-17-10-22(18(23)8-14-2-3-14)9-16(19(17)21)12-25-11-15-4-6-24-7-5-15;3-2(4,5)1(6)7/h13-16H,2-12H2,1H3;(H,6,7). The van der Waals surface area contributed by atoms with Gasteiger partial charge in [0, 0.05) is 51.4 Å². The topological polar surface area (TPSA) is 93.9 Å². The van der Waals surface area contributed by atoms with Gasteiger partial charge in [-0.25, -0.2) is 9.78 Å². The highest BCUT2D eigenvalue weighted by Gasteiger charge is 2.38. The summed E-state index contributed by atoms with van der Waals surface area (Å²) >= 11 is 0. The molecule has 1 saturated heterocycles. The van der Waals surface area contributed by atoms with Crippen LogP contribution in [0.2, 0.25) is 0 Å². The van der Waals surface area contributed by atoms with Gasteiger partial charge >= 0.3 is 12.1 Å². The fourth-order valence-electron chi connectivity index (χ4n) is 4.04. The molecule has 0 bridgehead atoms. The fraction of sp³-hybridized carbons (Fsp3) is 0.762. The molecule has 0 spiro atoms. The second-order valence-corrected chi connectivity index (χ2v) is 8.70. The van der Waals surface area contributed by atoms with E-state index in [9.17, 15) is 18.0 Å². The monoisotopic (exact) mass is 461 g/mol. The Morgan fingerprint density at radius 2 is 1.84 bits per heavy atom. The quantitative estimate of drug-likeness (QED) is 0.700. The molecule has 0 aromatic carbocycles. The van der Waals surface area contributed by atoms with Crippen LogP contribution in [0.1, 0.15) is 49.4 Å². The van der Waals surface area contributed by atoms with Gasteiger partial charge in [0.15, 0.2) is 0 Å². The highest BCUT2D eigenvalue weighted by atomic mass is 19.4. The molecular weight excluding hydrogens is 431 g/mol. The number of amides is 1. The van der Waals surface area contributed by atoms with Crippen LogP contribution in [-0.4, -0.2) is 70.6 Å². The summed E-state index contributed by atoms with van der Waals surface area (Å²) in [6.45, 7) is 4.57. The van der Waals surface area contributed by atoms with Crippen molar-refractivity contribution in [2.75, 3.05) is 33.0 Å². The maximum absolute atomic E-state index is 12.6. The van der Waals surface area contributed by atoms with Crippen molar-refractivity contribution < 1.29 is 37.3 Å². The number of carboxylic acids is 1. The first kappa shape index (κ1) is 24.5. The molecule has 3 aliphatic rings. The van der Waals surface area contributed by atoms with Gasteiger partial charge in [-0.15, -0.1) is 0 Å². The summed E-state index contributed by atoms with van der Waals surface area (Å²) in [6.07, 6.45) is 2.10. The molecule has 8 nitrogen and oxygen atoms in total. The van der Waals surface area contributed by atoms with E-state index in [-0.39, 0.29) is 11.8 Å². The summed E-state index contributed by atoms with van der Waals surface area (Å²) in [6, 6.07) is 0. The van der Waals surface area contributed by atoms with Gasteiger partial charge in [-0.2, -0.15) is 13.2 Å². The van der Waals surface area contributed by atoms with E-state index in [1.165, 1.54) is 18.5 Å². The predicted molar refractivity (Wildman–Crippen MR) is 107 cm³/mol. The van der Waals surface area contributed by atoms with Crippen LogP contribution in [0.15, 0.2) is 6.33 Å². The minimum Gasteiger partial charge on any atom is -0.475 e. The molecule has 1 N–H and O–H groups in total. The Morgan fingerprint density at radius 1 is 1.19 bits per heavy atom. The van der Waals surface area contributed by atoms with Gasteiger partial charge in [0.25, 0.3) is 0 Å². The van der Waals surface area contributed by atoms with Crippen molar-refractivity contribution in [3.05, 3.63) is 17.7 Å². The molecule has 1 atom stereocenters. The lowest BCUT2D eigenvalue weighted by Crippen LogP contribution is -2.40. The summed E-state index contributed by atoms with van der Waals surface area (Å²) < 4.78 is 45.3. The van der Waals surface area contributed by atoms with E-state index in [1.54, 1.807) is 0 Å². The van der Waals surface area contributed by atoms with E-state index in [1.807, 2.05) is 18.3 Å². The molecule has 180 valence electrons. The number of carbonyl (C=O) groups is 2. The Kier molecular flexibility index (Phi) is 8.16. The van der Waals surface area contributed by atoms with Gasteiger partial charge in [-0.1, -0.05) is 0 Å². The number of carbonyl (C=O) groups excluding carboxylic acids is 1. The Morgan fingerprint density at radius 3 is 2.44 bits per heavy atom. The number of imidazole rings is 1. The lowest BCUT2D eigenvalue weighted by molar-refractivity contribution is -0.192. The zero-order chi connectivity index (χ0) is 23.3. The molecule has 1 aromatic heterocycles. The molecule has 11 heteroatoms. The second kappa shape index (κ2) is 10.7. The van der Waals surface area contributed by atoms with Crippen LogP contribution in [0.4, 0.5) is 13.2 Å². The van der Waals surface area contributed by atoms with Crippen LogP contribution < -0.4 is 0 Å². The van der Waals surface area contributed by atoms with Crippen molar-refractivity contribution in [2.24, 2.45) is 18.9 Å². The maximum Gasteiger partial charge on any atom is 0.490 e. The Balaban J connectivity index is 0.000000360. The molecule has 1 aromatic rings. The zero-order valence-electron chi connectivity index (χ0n) is 18.1. The zero-order valence-corrected chi connectivity index (χ0v) is 18.1. The van der Waals surface area contributed by atoms with Crippen LogP contribution in [0, 0.1) is 11.8 Å². The van der Waals surface area contributed by atoms with E-state index in [2.05, 4.69) is 9.55 Å². The van der Waals surface area contributed by atoms with E-state index in [0.29, 0.717) is 31.4 Å². The number of aliphatic carboxylic acids is 1. The van der Waals surface area contributed by atoms with Crippen LogP contribution in [0.5, 0.6) is 0 Å². The SMILES string of the molecule is Cn1cnc2c1C(COCC1CCOCC1)CN(C(=O)CC1CC1)C2.O=C(O)C(F)(F)F. The smallest absolute Gasteiger partial charge is 0.475 e. The van der Waals surface area contributed by atoms with Crippen LogP contribution in [0.3, 0.4) is 0 Å². The number of hydrogen-bond acceptors (Lipinski definition) is 5. The molecule has 1 aliphatic carbocycles. The molecule has 2 fully saturated rings. The fourth-order valence-corrected chi connectivity index (χ4v) is 4.04. The first-order valence-electron chi connectivity index (χ1n) is 10.9. The normalized spacial score (nSPS) is 21.5. The van der Waals surface area contributed by atoms with E-state index in [0.717, 1.165) is 44.9 Å². The van der Waals surface area contributed by atoms with Crippen LogP contribution in [-0.2, 0) is 32.7 Å². The molecule has 1 amide bonds. The van der Waals surface area contributed by atoms with E-state index in [4.69, 9.17) is 19.4 Å². The predicted octanol–water partition coefficient (Wildman–Crippen LogP) is 2.72. The molecular formula is C21H30F3N3O5. The first-order valence-corrected chi connectivity index (χ1v) is 10.9. The second-order valence-electron chi connectivity index (χ2n) is 8.70.